The van der Waals surface area contributed by atoms with Gasteiger partial charge in [-0.25, -0.2) is 0 Å². The number of para-hydroxylation sites is 1. The van der Waals surface area contributed by atoms with Crippen LogP contribution in [0.15, 0.2) is 54.6 Å². The van der Waals surface area contributed by atoms with Crippen LogP contribution >= 0.6 is 0 Å². The SMILES string of the molecule is COc1ccc(C(CNC(=O)Cn2c(C)cc3ccccc32)N2CCCC2)cc1. The maximum absolute atomic E-state index is 12.8. The zero-order chi connectivity index (χ0) is 20.2. The van der Waals surface area contributed by atoms with Crippen molar-refractivity contribution in [3.63, 3.8) is 0 Å². The van der Waals surface area contributed by atoms with Crippen molar-refractivity contribution in [3.05, 3.63) is 65.9 Å². The van der Waals surface area contributed by atoms with Crippen LogP contribution in [-0.2, 0) is 11.3 Å². The summed E-state index contributed by atoms with van der Waals surface area (Å²) in [5.74, 6) is 0.903. The van der Waals surface area contributed by atoms with Crippen molar-refractivity contribution < 1.29 is 9.53 Å². The molecule has 0 bridgehead atoms. The molecule has 152 valence electrons. The molecule has 1 amide bonds. The summed E-state index contributed by atoms with van der Waals surface area (Å²) in [7, 11) is 1.68. The van der Waals surface area contributed by atoms with Crippen LogP contribution in [0.25, 0.3) is 10.9 Å². The van der Waals surface area contributed by atoms with Gasteiger partial charge in [-0.3, -0.25) is 9.69 Å². The third-order valence-electron chi connectivity index (χ3n) is 5.89. The van der Waals surface area contributed by atoms with E-state index in [-0.39, 0.29) is 11.9 Å². The molecule has 0 spiro atoms. The lowest BCUT2D eigenvalue weighted by Gasteiger charge is -2.28. The Balaban J connectivity index is 1.46. The molecule has 0 radical (unpaired) electrons. The molecule has 1 aliphatic rings. The molecule has 0 saturated carbocycles. The van der Waals surface area contributed by atoms with Gasteiger partial charge in [-0.05, 0) is 68.1 Å². The summed E-state index contributed by atoms with van der Waals surface area (Å²) >= 11 is 0. The first-order valence-electron chi connectivity index (χ1n) is 10.4. The van der Waals surface area contributed by atoms with E-state index >= 15 is 0 Å². The number of nitrogens with one attached hydrogen (secondary N) is 1. The molecule has 29 heavy (non-hydrogen) atoms. The van der Waals surface area contributed by atoms with Gasteiger partial charge in [0.25, 0.3) is 0 Å². The maximum atomic E-state index is 12.8. The van der Waals surface area contributed by atoms with E-state index in [1.165, 1.54) is 23.8 Å². The largest absolute Gasteiger partial charge is 0.497 e. The summed E-state index contributed by atoms with van der Waals surface area (Å²) in [6, 6.07) is 18.7. The first kappa shape index (κ1) is 19.5. The second-order valence-electron chi connectivity index (χ2n) is 7.77. The predicted molar refractivity (Wildman–Crippen MR) is 116 cm³/mol. The molecule has 1 aromatic heterocycles. The Morgan fingerprint density at radius 3 is 2.55 bits per heavy atom. The molecule has 1 unspecified atom stereocenters. The predicted octanol–water partition coefficient (Wildman–Crippen LogP) is 3.91. The Morgan fingerprint density at radius 1 is 1.10 bits per heavy atom. The second kappa shape index (κ2) is 8.70. The minimum absolute atomic E-state index is 0.0483. The molecule has 2 aromatic carbocycles. The Labute approximate surface area is 172 Å². The lowest BCUT2D eigenvalue weighted by molar-refractivity contribution is -0.121. The van der Waals surface area contributed by atoms with Gasteiger partial charge in [0.2, 0.25) is 5.91 Å². The number of methoxy groups -OCH3 is 1. The molecule has 2 heterocycles. The third kappa shape index (κ3) is 4.30. The number of amides is 1. The van der Waals surface area contributed by atoms with Gasteiger partial charge in [0.15, 0.2) is 0 Å². The fourth-order valence-electron chi connectivity index (χ4n) is 4.31. The number of fused-ring (bicyclic) bond motifs is 1. The minimum Gasteiger partial charge on any atom is -0.497 e. The number of aromatic nitrogens is 1. The summed E-state index contributed by atoms with van der Waals surface area (Å²) in [6.45, 7) is 5.16. The standard InChI is InChI=1S/C24H29N3O2/c1-18-15-20-7-3-4-8-22(20)27(18)17-24(28)25-16-23(26-13-5-6-14-26)19-9-11-21(29-2)12-10-19/h3-4,7-12,15,23H,5-6,13-14,16-17H2,1-2H3,(H,25,28). The molecule has 3 aromatic rings. The van der Waals surface area contributed by atoms with Crippen molar-refractivity contribution in [2.75, 3.05) is 26.7 Å². The van der Waals surface area contributed by atoms with Gasteiger partial charge >= 0.3 is 0 Å². The molecular weight excluding hydrogens is 362 g/mol. The summed E-state index contributed by atoms with van der Waals surface area (Å²) in [4.78, 5) is 15.3. The number of hydrogen-bond acceptors (Lipinski definition) is 3. The van der Waals surface area contributed by atoms with Crippen molar-refractivity contribution >= 4 is 16.8 Å². The van der Waals surface area contributed by atoms with E-state index in [1.54, 1.807) is 7.11 Å². The van der Waals surface area contributed by atoms with E-state index in [9.17, 15) is 4.79 Å². The average Bonchev–Trinajstić information content (AvgIpc) is 3.37. The highest BCUT2D eigenvalue weighted by atomic mass is 16.5. The third-order valence-corrected chi connectivity index (χ3v) is 5.89. The van der Waals surface area contributed by atoms with Gasteiger partial charge in [-0.2, -0.15) is 0 Å². The van der Waals surface area contributed by atoms with Crippen LogP contribution in [0.3, 0.4) is 0 Å². The normalized spacial score (nSPS) is 15.5. The Hall–Kier alpha value is -2.79. The highest BCUT2D eigenvalue weighted by Crippen LogP contribution is 2.26. The molecule has 5 heteroatoms. The van der Waals surface area contributed by atoms with Crippen LogP contribution in [0.2, 0.25) is 0 Å². The smallest absolute Gasteiger partial charge is 0.240 e. The highest BCUT2D eigenvalue weighted by molar-refractivity contribution is 5.84. The van der Waals surface area contributed by atoms with Crippen LogP contribution in [0.1, 0.15) is 30.1 Å². The maximum Gasteiger partial charge on any atom is 0.240 e. The molecule has 0 aliphatic carbocycles. The number of hydrogen-bond donors (Lipinski definition) is 1. The van der Waals surface area contributed by atoms with Crippen LogP contribution in [0.5, 0.6) is 5.75 Å². The summed E-state index contributed by atoms with van der Waals surface area (Å²) in [6.07, 6.45) is 2.43. The van der Waals surface area contributed by atoms with Crippen LogP contribution in [0, 0.1) is 6.92 Å². The second-order valence-corrected chi connectivity index (χ2v) is 7.77. The summed E-state index contributed by atoms with van der Waals surface area (Å²) < 4.78 is 7.38. The van der Waals surface area contributed by atoms with Crippen molar-refractivity contribution in [2.24, 2.45) is 0 Å². The van der Waals surface area contributed by atoms with Crippen LogP contribution < -0.4 is 10.1 Å². The van der Waals surface area contributed by atoms with E-state index < -0.39 is 0 Å². The molecule has 1 saturated heterocycles. The molecule has 5 nitrogen and oxygen atoms in total. The number of benzene rings is 2. The summed E-state index contributed by atoms with van der Waals surface area (Å²) in [5.41, 5.74) is 3.43. The number of aryl methyl sites for hydroxylation is 1. The van der Waals surface area contributed by atoms with Crippen molar-refractivity contribution in [2.45, 2.75) is 32.4 Å². The Morgan fingerprint density at radius 2 is 1.83 bits per heavy atom. The molecule has 1 fully saturated rings. The quantitative estimate of drug-likeness (QED) is 0.664. The zero-order valence-corrected chi connectivity index (χ0v) is 17.2. The van der Waals surface area contributed by atoms with Crippen LogP contribution in [-0.4, -0.2) is 42.1 Å². The van der Waals surface area contributed by atoms with E-state index in [2.05, 4.69) is 52.0 Å². The van der Waals surface area contributed by atoms with E-state index in [4.69, 9.17) is 4.74 Å². The van der Waals surface area contributed by atoms with Crippen molar-refractivity contribution in [1.82, 2.24) is 14.8 Å². The van der Waals surface area contributed by atoms with Gasteiger partial charge in [0.1, 0.15) is 12.3 Å². The van der Waals surface area contributed by atoms with Gasteiger partial charge < -0.3 is 14.6 Å². The Kier molecular flexibility index (Phi) is 5.86. The fourth-order valence-corrected chi connectivity index (χ4v) is 4.31. The van der Waals surface area contributed by atoms with Gasteiger partial charge in [-0.15, -0.1) is 0 Å². The van der Waals surface area contributed by atoms with E-state index in [0.717, 1.165) is 30.0 Å². The Bertz CT molecular complexity index is 971. The van der Waals surface area contributed by atoms with E-state index in [1.807, 2.05) is 24.3 Å². The number of likely N-dealkylation sites (tertiary alicyclic amines) is 1. The molecular formula is C24H29N3O2. The zero-order valence-electron chi connectivity index (χ0n) is 17.2. The topological polar surface area (TPSA) is 46.5 Å². The lowest BCUT2D eigenvalue weighted by Crippen LogP contribution is -2.38. The van der Waals surface area contributed by atoms with Crippen LogP contribution in [0.4, 0.5) is 0 Å². The average molecular weight is 392 g/mol. The number of nitrogens with zero attached hydrogens (tertiary/aromatic N) is 2. The molecule has 1 N–H and O–H groups in total. The number of rotatable bonds is 7. The highest BCUT2D eigenvalue weighted by Gasteiger charge is 2.24. The fraction of sp³-hybridized carbons (Fsp3) is 0.375. The number of carbonyl (C=O) groups is 1. The molecule has 1 atom stereocenters. The minimum atomic E-state index is 0.0483. The molecule has 1 aliphatic heterocycles. The van der Waals surface area contributed by atoms with Gasteiger partial charge in [0, 0.05) is 17.8 Å². The first-order chi connectivity index (χ1) is 14.2. The first-order valence-corrected chi connectivity index (χ1v) is 10.4. The monoisotopic (exact) mass is 391 g/mol. The van der Waals surface area contributed by atoms with Crippen molar-refractivity contribution in [1.29, 1.82) is 0 Å². The van der Waals surface area contributed by atoms with Gasteiger partial charge in [0.05, 0.1) is 13.2 Å². The van der Waals surface area contributed by atoms with Crippen molar-refractivity contribution in [3.8, 4) is 5.75 Å². The van der Waals surface area contributed by atoms with E-state index in [0.29, 0.717) is 13.1 Å². The number of carbonyl (C=O) groups excluding carboxylic acids is 1. The summed E-state index contributed by atoms with van der Waals surface area (Å²) in [5, 5.41) is 4.36. The van der Waals surface area contributed by atoms with Gasteiger partial charge in [-0.1, -0.05) is 30.3 Å². The molecule has 4 rings (SSSR count). The lowest BCUT2D eigenvalue weighted by atomic mass is 10.1. The number of ether oxygens (including phenoxy) is 1.